The molecule has 1 aromatic rings. The predicted molar refractivity (Wildman–Crippen MR) is 85.9 cm³/mol. The van der Waals surface area contributed by atoms with E-state index in [9.17, 15) is 9.59 Å². The van der Waals surface area contributed by atoms with Crippen LogP contribution in [0.1, 0.15) is 32.1 Å². The topological polar surface area (TPSA) is 73.8 Å². The van der Waals surface area contributed by atoms with Crippen LogP contribution in [0.2, 0.25) is 0 Å². The molecule has 0 bridgehead atoms. The van der Waals surface area contributed by atoms with Gasteiger partial charge in [-0.05, 0) is 43.5 Å². The second-order valence-electron chi connectivity index (χ2n) is 5.64. The quantitative estimate of drug-likeness (QED) is 0.895. The molecule has 3 rings (SSSR count). The zero-order chi connectivity index (χ0) is 15.4. The maximum atomic E-state index is 12.1. The standard InChI is InChI=1S/C16H20N4O2/c21-15-9-8-14(18-19-15)16(22)17-12-4-6-13(7-5-12)20-10-2-1-3-11-20/h4-7H,1-3,8-11H2,(H,17,22)(H,19,21). The molecule has 6 heteroatoms. The van der Waals surface area contributed by atoms with Gasteiger partial charge < -0.3 is 10.2 Å². The van der Waals surface area contributed by atoms with Crippen molar-refractivity contribution in [3.05, 3.63) is 24.3 Å². The first-order valence-electron chi connectivity index (χ1n) is 7.74. The summed E-state index contributed by atoms with van der Waals surface area (Å²) < 4.78 is 0. The number of benzene rings is 1. The van der Waals surface area contributed by atoms with E-state index >= 15 is 0 Å². The van der Waals surface area contributed by atoms with Gasteiger partial charge in [-0.25, -0.2) is 5.43 Å². The van der Waals surface area contributed by atoms with Crippen molar-refractivity contribution in [3.8, 4) is 0 Å². The molecule has 6 nitrogen and oxygen atoms in total. The highest BCUT2D eigenvalue weighted by molar-refractivity contribution is 6.43. The van der Waals surface area contributed by atoms with E-state index in [-0.39, 0.29) is 11.8 Å². The lowest BCUT2D eigenvalue weighted by atomic mass is 10.1. The first kappa shape index (κ1) is 14.6. The number of carbonyl (C=O) groups is 2. The average molecular weight is 300 g/mol. The third-order valence-electron chi connectivity index (χ3n) is 4.01. The van der Waals surface area contributed by atoms with Crippen LogP contribution in [-0.4, -0.2) is 30.6 Å². The SMILES string of the molecule is O=C1CCC(C(=O)Nc2ccc(N3CCCCC3)cc2)=NN1. The van der Waals surface area contributed by atoms with Crippen LogP contribution in [0.3, 0.4) is 0 Å². The maximum Gasteiger partial charge on any atom is 0.271 e. The molecule has 0 aromatic heterocycles. The van der Waals surface area contributed by atoms with E-state index in [1.54, 1.807) is 0 Å². The Hall–Kier alpha value is -2.37. The fourth-order valence-corrected chi connectivity index (χ4v) is 2.75. The largest absolute Gasteiger partial charge is 0.372 e. The Morgan fingerprint density at radius 3 is 2.45 bits per heavy atom. The van der Waals surface area contributed by atoms with E-state index in [1.807, 2.05) is 24.3 Å². The molecule has 2 heterocycles. The lowest BCUT2D eigenvalue weighted by Crippen LogP contribution is -2.32. The van der Waals surface area contributed by atoms with Crippen LogP contribution in [0, 0.1) is 0 Å². The first-order chi connectivity index (χ1) is 10.7. The second-order valence-corrected chi connectivity index (χ2v) is 5.64. The van der Waals surface area contributed by atoms with Gasteiger partial charge in [-0.15, -0.1) is 0 Å². The number of hydrogen-bond donors (Lipinski definition) is 2. The molecule has 2 amide bonds. The van der Waals surface area contributed by atoms with Gasteiger partial charge in [-0.1, -0.05) is 0 Å². The van der Waals surface area contributed by atoms with Gasteiger partial charge in [0.25, 0.3) is 5.91 Å². The summed E-state index contributed by atoms with van der Waals surface area (Å²) in [7, 11) is 0. The molecule has 2 aliphatic heterocycles. The van der Waals surface area contributed by atoms with Gasteiger partial charge in [-0.3, -0.25) is 9.59 Å². The molecule has 1 fully saturated rings. The molecule has 116 valence electrons. The van der Waals surface area contributed by atoms with Crippen molar-refractivity contribution in [1.29, 1.82) is 0 Å². The number of amides is 2. The maximum absolute atomic E-state index is 12.1. The lowest BCUT2D eigenvalue weighted by Gasteiger charge is -2.28. The number of hydrazone groups is 1. The number of hydrogen-bond acceptors (Lipinski definition) is 4. The normalized spacial score (nSPS) is 18.5. The first-order valence-corrected chi connectivity index (χ1v) is 7.74. The Morgan fingerprint density at radius 1 is 1.09 bits per heavy atom. The van der Waals surface area contributed by atoms with Crippen molar-refractivity contribution >= 4 is 28.9 Å². The Kier molecular flexibility index (Phi) is 4.37. The van der Waals surface area contributed by atoms with E-state index in [1.165, 1.54) is 24.9 Å². The number of rotatable bonds is 3. The van der Waals surface area contributed by atoms with E-state index in [0.717, 1.165) is 18.8 Å². The molecule has 22 heavy (non-hydrogen) atoms. The fraction of sp³-hybridized carbons (Fsp3) is 0.438. The minimum Gasteiger partial charge on any atom is -0.372 e. The lowest BCUT2D eigenvalue weighted by molar-refractivity contribution is -0.121. The van der Waals surface area contributed by atoms with Crippen molar-refractivity contribution in [2.45, 2.75) is 32.1 Å². The summed E-state index contributed by atoms with van der Waals surface area (Å²) in [6.07, 6.45) is 4.47. The van der Waals surface area contributed by atoms with E-state index in [4.69, 9.17) is 0 Å². The van der Waals surface area contributed by atoms with Gasteiger partial charge in [0, 0.05) is 37.3 Å². The molecule has 2 aliphatic rings. The van der Waals surface area contributed by atoms with Gasteiger partial charge in [0.1, 0.15) is 5.71 Å². The molecule has 0 saturated carbocycles. The van der Waals surface area contributed by atoms with Gasteiger partial charge in [-0.2, -0.15) is 5.10 Å². The van der Waals surface area contributed by atoms with Crippen molar-refractivity contribution in [3.63, 3.8) is 0 Å². The minimum atomic E-state index is -0.259. The third kappa shape index (κ3) is 3.44. The average Bonchev–Trinajstić information content (AvgIpc) is 2.57. The van der Waals surface area contributed by atoms with Gasteiger partial charge in [0.2, 0.25) is 5.91 Å². The zero-order valence-corrected chi connectivity index (χ0v) is 12.5. The summed E-state index contributed by atoms with van der Waals surface area (Å²) in [4.78, 5) is 25.5. The summed E-state index contributed by atoms with van der Waals surface area (Å²) >= 11 is 0. The molecule has 2 N–H and O–H groups in total. The molecule has 0 radical (unpaired) electrons. The van der Waals surface area contributed by atoms with Crippen LogP contribution in [-0.2, 0) is 9.59 Å². The summed E-state index contributed by atoms with van der Waals surface area (Å²) in [6, 6.07) is 7.88. The molecule has 1 saturated heterocycles. The Morgan fingerprint density at radius 2 is 1.82 bits per heavy atom. The minimum absolute atomic E-state index is 0.151. The van der Waals surface area contributed by atoms with Crippen LogP contribution in [0.4, 0.5) is 11.4 Å². The molecule has 0 atom stereocenters. The van der Waals surface area contributed by atoms with Crippen molar-refractivity contribution in [2.75, 3.05) is 23.3 Å². The van der Waals surface area contributed by atoms with Crippen LogP contribution < -0.4 is 15.6 Å². The molecule has 0 aliphatic carbocycles. The highest BCUT2D eigenvalue weighted by Crippen LogP contribution is 2.21. The monoisotopic (exact) mass is 300 g/mol. The second kappa shape index (κ2) is 6.60. The summed E-state index contributed by atoms with van der Waals surface area (Å²) in [6.45, 7) is 2.20. The van der Waals surface area contributed by atoms with Crippen LogP contribution in [0.25, 0.3) is 0 Å². The Bertz CT molecular complexity index is 589. The highest BCUT2D eigenvalue weighted by Gasteiger charge is 2.18. The number of carbonyl (C=O) groups excluding carboxylic acids is 2. The van der Waals surface area contributed by atoms with Gasteiger partial charge in [0.05, 0.1) is 0 Å². The molecule has 1 aromatic carbocycles. The van der Waals surface area contributed by atoms with Crippen LogP contribution in [0.15, 0.2) is 29.4 Å². The highest BCUT2D eigenvalue weighted by atomic mass is 16.2. The smallest absolute Gasteiger partial charge is 0.271 e. The number of nitrogens with zero attached hydrogens (tertiary/aromatic N) is 2. The summed E-state index contributed by atoms with van der Waals surface area (Å²) in [5, 5.41) is 6.61. The van der Waals surface area contributed by atoms with Crippen molar-refractivity contribution in [1.82, 2.24) is 5.43 Å². The Balaban J connectivity index is 1.61. The molecule has 0 spiro atoms. The summed E-state index contributed by atoms with van der Waals surface area (Å²) in [5.41, 5.74) is 4.63. The van der Waals surface area contributed by atoms with Gasteiger partial charge >= 0.3 is 0 Å². The number of nitrogens with one attached hydrogen (secondary N) is 2. The van der Waals surface area contributed by atoms with E-state index < -0.39 is 0 Å². The van der Waals surface area contributed by atoms with Crippen molar-refractivity contribution < 1.29 is 9.59 Å². The molecular weight excluding hydrogens is 280 g/mol. The van der Waals surface area contributed by atoms with Crippen LogP contribution in [0.5, 0.6) is 0 Å². The molecule has 0 unspecified atom stereocenters. The van der Waals surface area contributed by atoms with E-state index in [0.29, 0.717) is 18.6 Å². The summed E-state index contributed by atoms with van der Waals surface area (Å²) in [5.74, 6) is -0.409. The molecular formula is C16H20N4O2. The zero-order valence-electron chi connectivity index (χ0n) is 12.5. The third-order valence-corrected chi connectivity index (χ3v) is 4.01. The van der Waals surface area contributed by atoms with Gasteiger partial charge in [0.15, 0.2) is 0 Å². The van der Waals surface area contributed by atoms with Crippen molar-refractivity contribution in [2.24, 2.45) is 5.10 Å². The number of anilines is 2. The predicted octanol–water partition coefficient (Wildman–Crippen LogP) is 1.88. The Labute approximate surface area is 129 Å². The fourth-order valence-electron chi connectivity index (χ4n) is 2.75. The van der Waals surface area contributed by atoms with E-state index in [2.05, 4.69) is 20.7 Å². The number of piperidine rings is 1. The van der Waals surface area contributed by atoms with Crippen LogP contribution >= 0.6 is 0 Å².